The van der Waals surface area contributed by atoms with E-state index < -0.39 is 5.97 Å². The van der Waals surface area contributed by atoms with Gasteiger partial charge in [-0.1, -0.05) is 25.1 Å². The number of aryl methyl sites for hydroxylation is 1. The van der Waals surface area contributed by atoms with Crippen molar-refractivity contribution in [2.45, 2.75) is 20.3 Å². The molecule has 2 aromatic rings. The molecule has 0 aliphatic rings. The van der Waals surface area contributed by atoms with E-state index in [0.717, 1.165) is 12.0 Å². The number of carbonyl (C=O) groups is 1. The molecule has 0 aromatic heterocycles. The zero-order chi connectivity index (χ0) is 15.2. The fraction of sp³-hybridized carbons (Fsp3) is 0.235. The Hall–Kier alpha value is -2.49. The van der Waals surface area contributed by atoms with Crippen molar-refractivity contribution < 1.29 is 14.3 Å². The SMILES string of the molecule is CCOC(=O)c1cccc(N)c1Oc1cccc(CC)c1. The Morgan fingerprint density at radius 3 is 2.62 bits per heavy atom. The number of rotatable bonds is 5. The molecule has 0 bridgehead atoms. The number of nitrogens with two attached hydrogens (primary N) is 1. The maximum absolute atomic E-state index is 12.0. The topological polar surface area (TPSA) is 61.5 Å². The van der Waals surface area contributed by atoms with Crippen molar-refractivity contribution in [3.05, 3.63) is 53.6 Å². The zero-order valence-corrected chi connectivity index (χ0v) is 12.3. The predicted molar refractivity (Wildman–Crippen MR) is 82.7 cm³/mol. The number of esters is 1. The van der Waals surface area contributed by atoms with E-state index in [1.54, 1.807) is 25.1 Å². The molecule has 2 aromatic carbocycles. The van der Waals surface area contributed by atoms with Gasteiger partial charge in [0, 0.05) is 0 Å². The first-order valence-corrected chi connectivity index (χ1v) is 6.98. The first-order valence-electron chi connectivity index (χ1n) is 6.98. The fourth-order valence-electron chi connectivity index (χ4n) is 1.99. The minimum absolute atomic E-state index is 0.304. The van der Waals surface area contributed by atoms with Crippen LogP contribution in [0.1, 0.15) is 29.8 Å². The molecule has 110 valence electrons. The Balaban J connectivity index is 2.36. The molecule has 0 unspecified atom stereocenters. The molecule has 21 heavy (non-hydrogen) atoms. The van der Waals surface area contributed by atoms with Crippen molar-refractivity contribution in [3.63, 3.8) is 0 Å². The molecule has 0 atom stereocenters. The average molecular weight is 285 g/mol. The summed E-state index contributed by atoms with van der Waals surface area (Å²) in [6, 6.07) is 12.7. The third-order valence-electron chi connectivity index (χ3n) is 3.07. The van der Waals surface area contributed by atoms with E-state index in [1.165, 1.54) is 0 Å². The molecule has 0 saturated heterocycles. The van der Waals surface area contributed by atoms with Crippen LogP contribution in [0, 0.1) is 0 Å². The van der Waals surface area contributed by atoms with Gasteiger partial charge in [0.1, 0.15) is 11.3 Å². The summed E-state index contributed by atoms with van der Waals surface area (Å²) < 4.78 is 10.9. The molecule has 0 aliphatic carbocycles. The van der Waals surface area contributed by atoms with Crippen LogP contribution in [-0.4, -0.2) is 12.6 Å². The van der Waals surface area contributed by atoms with Crippen LogP contribution in [0.3, 0.4) is 0 Å². The molecule has 2 N–H and O–H groups in total. The average Bonchev–Trinajstić information content (AvgIpc) is 2.49. The van der Waals surface area contributed by atoms with Crippen LogP contribution in [0.4, 0.5) is 5.69 Å². The van der Waals surface area contributed by atoms with Gasteiger partial charge in [0.25, 0.3) is 0 Å². The number of anilines is 1. The summed E-state index contributed by atoms with van der Waals surface area (Å²) in [5, 5.41) is 0. The van der Waals surface area contributed by atoms with Gasteiger partial charge < -0.3 is 15.2 Å². The first kappa shape index (κ1) is 14.9. The molecule has 0 heterocycles. The van der Waals surface area contributed by atoms with Crippen molar-refractivity contribution in [1.82, 2.24) is 0 Å². The third kappa shape index (κ3) is 3.54. The van der Waals surface area contributed by atoms with Crippen molar-refractivity contribution in [1.29, 1.82) is 0 Å². The number of hydrogen-bond donors (Lipinski definition) is 1. The van der Waals surface area contributed by atoms with Crippen molar-refractivity contribution >= 4 is 11.7 Å². The second-order valence-corrected chi connectivity index (χ2v) is 4.55. The van der Waals surface area contributed by atoms with Crippen molar-refractivity contribution in [3.8, 4) is 11.5 Å². The molecular weight excluding hydrogens is 266 g/mol. The van der Waals surface area contributed by atoms with E-state index in [1.807, 2.05) is 24.3 Å². The van der Waals surface area contributed by atoms with Crippen LogP contribution in [-0.2, 0) is 11.2 Å². The standard InChI is InChI=1S/C17H19NO3/c1-3-12-7-5-8-13(11-12)21-16-14(17(19)20-4-2)9-6-10-15(16)18/h5-11H,3-4,18H2,1-2H3. The quantitative estimate of drug-likeness (QED) is 0.670. The first-order chi connectivity index (χ1) is 10.2. The number of hydrogen-bond acceptors (Lipinski definition) is 4. The summed E-state index contributed by atoms with van der Waals surface area (Å²) in [5.41, 5.74) is 7.83. The second-order valence-electron chi connectivity index (χ2n) is 4.55. The van der Waals surface area contributed by atoms with Crippen LogP contribution in [0.25, 0.3) is 0 Å². The van der Waals surface area contributed by atoms with E-state index in [0.29, 0.717) is 29.4 Å². The molecular formula is C17H19NO3. The maximum atomic E-state index is 12.0. The molecule has 4 heteroatoms. The zero-order valence-electron chi connectivity index (χ0n) is 12.3. The number of benzene rings is 2. The van der Waals surface area contributed by atoms with Crippen LogP contribution in [0.2, 0.25) is 0 Å². The van der Waals surface area contributed by atoms with E-state index >= 15 is 0 Å². The molecule has 2 rings (SSSR count). The molecule has 0 saturated carbocycles. The lowest BCUT2D eigenvalue weighted by Gasteiger charge is -2.13. The summed E-state index contributed by atoms with van der Waals surface area (Å²) in [7, 11) is 0. The molecule has 0 radical (unpaired) electrons. The van der Waals surface area contributed by atoms with E-state index in [-0.39, 0.29) is 0 Å². The van der Waals surface area contributed by atoms with E-state index in [9.17, 15) is 4.79 Å². The molecule has 0 fully saturated rings. The summed E-state index contributed by atoms with van der Waals surface area (Å²) >= 11 is 0. The van der Waals surface area contributed by atoms with Gasteiger partial charge in [0.2, 0.25) is 0 Å². The molecule has 0 amide bonds. The van der Waals surface area contributed by atoms with Crippen LogP contribution >= 0.6 is 0 Å². The Bertz CT molecular complexity index is 638. The lowest BCUT2D eigenvalue weighted by atomic mass is 10.1. The number of para-hydroxylation sites is 1. The lowest BCUT2D eigenvalue weighted by Crippen LogP contribution is -2.08. The smallest absolute Gasteiger partial charge is 0.342 e. The van der Waals surface area contributed by atoms with Crippen molar-refractivity contribution in [2.75, 3.05) is 12.3 Å². The predicted octanol–water partition coefficient (Wildman–Crippen LogP) is 3.80. The molecule has 0 spiro atoms. The summed E-state index contributed by atoms with van der Waals surface area (Å²) in [6.07, 6.45) is 0.909. The maximum Gasteiger partial charge on any atom is 0.342 e. The van der Waals surface area contributed by atoms with Crippen LogP contribution < -0.4 is 10.5 Å². The van der Waals surface area contributed by atoms with Gasteiger partial charge in [-0.15, -0.1) is 0 Å². The van der Waals surface area contributed by atoms with Gasteiger partial charge in [0.15, 0.2) is 5.75 Å². The minimum Gasteiger partial charge on any atom is -0.462 e. The molecule has 4 nitrogen and oxygen atoms in total. The summed E-state index contributed by atoms with van der Waals surface area (Å²) in [4.78, 5) is 12.0. The minimum atomic E-state index is -0.438. The highest BCUT2D eigenvalue weighted by Crippen LogP contribution is 2.32. The van der Waals surface area contributed by atoms with Gasteiger partial charge in [-0.05, 0) is 43.2 Å². The number of carbonyl (C=O) groups excluding carboxylic acids is 1. The van der Waals surface area contributed by atoms with Crippen molar-refractivity contribution in [2.24, 2.45) is 0 Å². The van der Waals surface area contributed by atoms with E-state index in [2.05, 4.69) is 6.92 Å². The lowest BCUT2D eigenvalue weighted by molar-refractivity contribution is 0.0523. The monoisotopic (exact) mass is 285 g/mol. The highest BCUT2D eigenvalue weighted by molar-refractivity contribution is 5.94. The summed E-state index contributed by atoms with van der Waals surface area (Å²) in [6.45, 7) is 4.13. The van der Waals surface area contributed by atoms with Gasteiger partial charge in [0.05, 0.1) is 12.3 Å². The van der Waals surface area contributed by atoms with Gasteiger partial charge >= 0.3 is 5.97 Å². The van der Waals surface area contributed by atoms with Gasteiger partial charge in [-0.3, -0.25) is 0 Å². The Morgan fingerprint density at radius 1 is 1.14 bits per heavy atom. The van der Waals surface area contributed by atoms with E-state index in [4.69, 9.17) is 15.2 Å². The normalized spacial score (nSPS) is 10.2. The highest BCUT2D eigenvalue weighted by Gasteiger charge is 2.17. The largest absolute Gasteiger partial charge is 0.462 e. The van der Waals surface area contributed by atoms with Crippen LogP contribution in [0.5, 0.6) is 11.5 Å². The highest BCUT2D eigenvalue weighted by atomic mass is 16.5. The fourth-order valence-corrected chi connectivity index (χ4v) is 1.99. The molecule has 0 aliphatic heterocycles. The summed E-state index contributed by atoms with van der Waals surface area (Å²) in [5.74, 6) is 0.549. The number of ether oxygens (including phenoxy) is 2. The Morgan fingerprint density at radius 2 is 1.90 bits per heavy atom. The van der Waals surface area contributed by atoms with Crippen LogP contribution in [0.15, 0.2) is 42.5 Å². The number of nitrogen functional groups attached to an aromatic ring is 1. The van der Waals surface area contributed by atoms with Gasteiger partial charge in [-0.25, -0.2) is 4.79 Å². The second kappa shape index (κ2) is 6.79. The third-order valence-corrected chi connectivity index (χ3v) is 3.07. The Labute approximate surface area is 124 Å². The van der Waals surface area contributed by atoms with Gasteiger partial charge in [-0.2, -0.15) is 0 Å². The Kier molecular flexibility index (Phi) is 4.82.